The van der Waals surface area contributed by atoms with E-state index in [9.17, 15) is 0 Å². The highest BCUT2D eigenvalue weighted by Gasteiger charge is 2.07. The topological polar surface area (TPSA) is 9.23 Å². The van der Waals surface area contributed by atoms with Gasteiger partial charge in [-0.2, -0.15) is 0 Å². The van der Waals surface area contributed by atoms with E-state index in [1.165, 1.54) is 5.56 Å². The van der Waals surface area contributed by atoms with Crippen molar-refractivity contribution in [1.29, 1.82) is 0 Å². The first-order chi connectivity index (χ1) is 6.69. The van der Waals surface area contributed by atoms with Gasteiger partial charge < -0.3 is 4.74 Å². The second-order valence-corrected chi connectivity index (χ2v) is 4.00. The van der Waals surface area contributed by atoms with Crippen LogP contribution in [-0.4, -0.2) is 6.61 Å². The Bertz CT molecular complexity index is 320. The molecule has 1 unspecified atom stereocenters. The van der Waals surface area contributed by atoms with Crippen LogP contribution in [-0.2, 0) is 0 Å². The third-order valence-electron chi connectivity index (χ3n) is 2.12. The maximum absolute atomic E-state index is 5.44. The van der Waals surface area contributed by atoms with Crippen LogP contribution in [0.15, 0.2) is 35.3 Å². The fourth-order valence-electron chi connectivity index (χ4n) is 1.25. The first-order valence-electron chi connectivity index (χ1n) is 4.73. The van der Waals surface area contributed by atoms with Gasteiger partial charge in [0, 0.05) is 4.47 Å². The average Bonchev–Trinajstić information content (AvgIpc) is 2.20. The Labute approximate surface area is 93.9 Å². The zero-order chi connectivity index (χ0) is 10.6. The Hall–Kier alpha value is -0.760. The fraction of sp³-hybridized carbons (Fsp3) is 0.333. The van der Waals surface area contributed by atoms with E-state index in [2.05, 4.69) is 35.5 Å². The van der Waals surface area contributed by atoms with Crippen LogP contribution in [0.5, 0.6) is 5.75 Å². The van der Waals surface area contributed by atoms with Gasteiger partial charge in [-0.25, -0.2) is 0 Å². The van der Waals surface area contributed by atoms with E-state index in [0.717, 1.165) is 10.2 Å². The van der Waals surface area contributed by atoms with Crippen molar-refractivity contribution >= 4 is 15.9 Å². The minimum absolute atomic E-state index is 0.338. The summed E-state index contributed by atoms with van der Waals surface area (Å²) in [6, 6.07) is 6.03. The summed E-state index contributed by atoms with van der Waals surface area (Å²) in [5.41, 5.74) is 1.21. The molecule has 0 N–H and O–H groups in total. The molecule has 0 radical (unpaired) electrons. The maximum Gasteiger partial charge on any atom is 0.119 e. The van der Waals surface area contributed by atoms with Crippen molar-refractivity contribution < 1.29 is 4.74 Å². The molecule has 1 aromatic carbocycles. The van der Waals surface area contributed by atoms with Gasteiger partial charge in [0.2, 0.25) is 0 Å². The number of ether oxygens (including phenoxy) is 1. The first-order valence-corrected chi connectivity index (χ1v) is 5.53. The largest absolute Gasteiger partial charge is 0.494 e. The van der Waals surface area contributed by atoms with Gasteiger partial charge in [-0.05, 0) is 36.6 Å². The molecule has 0 saturated heterocycles. The molecule has 76 valence electrons. The summed E-state index contributed by atoms with van der Waals surface area (Å²) in [5, 5.41) is 0. The van der Waals surface area contributed by atoms with E-state index in [1.54, 1.807) is 0 Å². The molecular weight excluding hydrogens is 240 g/mol. The van der Waals surface area contributed by atoms with Gasteiger partial charge in [-0.3, -0.25) is 0 Å². The van der Waals surface area contributed by atoms with Gasteiger partial charge in [0.15, 0.2) is 0 Å². The summed E-state index contributed by atoms with van der Waals surface area (Å²) in [6.45, 7) is 8.59. The maximum atomic E-state index is 5.44. The van der Waals surface area contributed by atoms with Gasteiger partial charge in [0.05, 0.1) is 6.61 Å². The van der Waals surface area contributed by atoms with Crippen molar-refractivity contribution in [3.05, 3.63) is 40.9 Å². The predicted octanol–water partition coefficient (Wildman–Crippen LogP) is 4.14. The van der Waals surface area contributed by atoms with Crippen molar-refractivity contribution in [3.63, 3.8) is 0 Å². The van der Waals surface area contributed by atoms with Crippen molar-refractivity contribution in [2.75, 3.05) is 6.61 Å². The highest BCUT2D eigenvalue weighted by Crippen LogP contribution is 2.29. The summed E-state index contributed by atoms with van der Waals surface area (Å²) in [7, 11) is 0. The minimum atomic E-state index is 0.338. The molecule has 1 aromatic rings. The molecule has 0 saturated carbocycles. The molecule has 0 spiro atoms. The molecular formula is C12H15BrO. The molecule has 0 aliphatic rings. The van der Waals surface area contributed by atoms with Crippen LogP contribution in [0.25, 0.3) is 0 Å². The third kappa shape index (κ3) is 2.61. The Kier molecular flexibility index (Phi) is 4.21. The molecule has 1 rings (SSSR count). The van der Waals surface area contributed by atoms with Crippen LogP contribution in [0.3, 0.4) is 0 Å². The molecule has 0 aromatic heterocycles. The lowest BCUT2D eigenvalue weighted by molar-refractivity contribution is 0.340. The standard InChI is InChI=1S/C12H15BrO/c1-4-9(3)11-8-10(14-5-2)6-7-12(11)13/h4,6-9H,1,5H2,2-3H3. The van der Waals surface area contributed by atoms with Gasteiger partial charge in [0.1, 0.15) is 5.75 Å². The van der Waals surface area contributed by atoms with E-state index >= 15 is 0 Å². The summed E-state index contributed by atoms with van der Waals surface area (Å²) in [4.78, 5) is 0. The smallest absolute Gasteiger partial charge is 0.119 e. The average molecular weight is 255 g/mol. The lowest BCUT2D eigenvalue weighted by Gasteiger charge is -2.11. The third-order valence-corrected chi connectivity index (χ3v) is 2.84. The highest BCUT2D eigenvalue weighted by atomic mass is 79.9. The summed E-state index contributed by atoms with van der Waals surface area (Å²) in [5.74, 6) is 1.25. The molecule has 1 nitrogen and oxygen atoms in total. The van der Waals surface area contributed by atoms with Gasteiger partial charge in [-0.15, -0.1) is 6.58 Å². The molecule has 0 aliphatic carbocycles. The summed E-state index contributed by atoms with van der Waals surface area (Å²) < 4.78 is 6.55. The number of hydrogen-bond acceptors (Lipinski definition) is 1. The van der Waals surface area contributed by atoms with Gasteiger partial charge in [0.25, 0.3) is 0 Å². The predicted molar refractivity (Wildman–Crippen MR) is 63.9 cm³/mol. The quantitative estimate of drug-likeness (QED) is 0.735. The second kappa shape index (κ2) is 5.20. The summed E-state index contributed by atoms with van der Waals surface area (Å²) in [6.07, 6.45) is 1.93. The second-order valence-electron chi connectivity index (χ2n) is 3.14. The Morgan fingerprint density at radius 2 is 2.29 bits per heavy atom. The lowest BCUT2D eigenvalue weighted by atomic mass is 10.0. The highest BCUT2D eigenvalue weighted by molar-refractivity contribution is 9.10. The number of benzene rings is 1. The normalized spacial score (nSPS) is 12.2. The van der Waals surface area contributed by atoms with Crippen molar-refractivity contribution in [3.8, 4) is 5.75 Å². The van der Waals surface area contributed by atoms with E-state index < -0.39 is 0 Å². The van der Waals surface area contributed by atoms with Crippen LogP contribution in [0.4, 0.5) is 0 Å². The van der Waals surface area contributed by atoms with E-state index in [4.69, 9.17) is 4.74 Å². The molecule has 2 heteroatoms. The molecule has 0 heterocycles. The molecule has 0 fully saturated rings. The SMILES string of the molecule is C=CC(C)c1cc(OCC)ccc1Br. The minimum Gasteiger partial charge on any atom is -0.494 e. The van der Waals surface area contributed by atoms with Gasteiger partial charge >= 0.3 is 0 Å². The molecule has 0 bridgehead atoms. The fourth-order valence-corrected chi connectivity index (χ4v) is 1.86. The van der Waals surface area contributed by atoms with Crippen LogP contribution in [0, 0.1) is 0 Å². The number of halogens is 1. The lowest BCUT2D eigenvalue weighted by Crippen LogP contribution is -1.95. The van der Waals surface area contributed by atoms with Crippen LogP contribution >= 0.6 is 15.9 Å². The number of rotatable bonds is 4. The number of hydrogen-bond donors (Lipinski definition) is 0. The zero-order valence-electron chi connectivity index (χ0n) is 8.59. The van der Waals surface area contributed by atoms with Crippen LogP contribution in [0.2, 0.25) is 0 Å². The molecule has 0 aliphatic heterocycles. The van der Waals surface area contributed by atoms with Crippen LogP contribution < -0.4 is 4.74 Å². The van der Waals surface area contributed by atoms with E-state index in [-0.39, 0.29) is 0 Å². The van der Waals surface area contributed by atoms with E-state index in [1.807, 2.05) is 25.1 Å². The zero-order valence-corrected chi connectivity index (χ0v) is 10.2. The monoisotopic (exact) mass is 254 g/mol. The molecule has 14 heavy (non-hydrogen) atoms. The van der Waals surface area contributed by atoms with Gasteiger partial charge in [-0.1, -0.05) is 28.9 Å². The molecule has 0 amide bonds. The van der Waals surface area contributed by atoms with Crippen molar-refractivity contribution in [2.45, 2.75) is 19.8 Å². The van der Waals surface area contributed by atoms with E-state index in [0.29, 0.717) is 12.5 Å². The Morgan fingerprint density at radius 1 is 1.57 bits per heavy atom. The first kappa shape index (κ1) is 11.3. The van der Waals surface area contributed by atoms with Crippen molar-refractivity contribution in [1.82, 2.24) is 0 Å². The number of allylic oxidation sites excluding steroid dienone is 1. The van der Waals surface area contributed by atoms with Crippen LogP contribution in [0.1, 0.15) is 25.3 Å². The molecule has 1 atom stereocenters. The van der Waals surface area contributed by atoms with Crippen molar-refractivity contribution in [2.24, 2.45) is 0 Å². The summed E-state index contributed by atoms with van der Waals surface area (Å²) >= 11 is 3.52. The Morgan fingerprint density at radius 3 is 2.86 bits per heavy atom. The Balaban J connectivity index is 3.01.